The molecule has 0 radical (unpaired) electrons. The second-order valence-electron chi connectivity index (χ2n) is 2.97. The maximum Gasteiger partial charge on any atom is 0.416 e. The first kappa shape index (κ1) is 12.8. The van der Waals surface area contributed by atoms with Gasteiger partial charge in [0.25, 0.3) is 0 Å². The Kier molecular flexibility index (Phi) is 3.44. The number of carboxylic acids is 1. The van der Waals surface area contributed by atoms with Crippen LogP contribution in [-0.4, -0.2) is 16.2 Å². The Balaban J connectivity index is 3.34. The molecule has 0 aliphatic heterocycles. The van der Waals surface area contributed by atoms with Crippen LogP contribution >= 0.6 is 11.6 Å². The molecule has 16 heavy (non-hydrogen) atoms. The highest BCUT2D eigenvalue weighted by Crippen LogP contribution is 2.36. The summed E-state index contributed by atoms with van der Waals surface area (Å²) >= 11 is 5.38. The van der Waals surface area contributed by atoms with E-state index in [4.69, 9.17) is 21.8 Å². The number of benzene rings is 1. The molecular formula is C9H6ClF3O3. The van der Waals surface area contributed by atoms with Gasteiger partial charge in [0, 0.05) is 10.6 Å². The second-order valence-corrected chi connectivity index (χ2v) is 3.41. The molecule has 2 N–H and O–H groups in total. The predicted molar refractivity (Wildman–Crippen MR) is 49.0 cm³/mol. The molecule has 0 spiro atoms. The molecule has 88 valence electrons. The van der Waals surface area contributed by atoms with Crippen molar-refractivity contribution in [1.29, 1.82) is 0 Å². The highest BCUT2D eigenvalue weighted by atomic mass is 35.5. The van der Waals surface area contributed by atoms with Crippen molar-refractivity contribution in [3.05, 3.63) is 34.3 Å². The van der Waals surface area contributed by atoms with Gasteiger partial charge in [0.1, 0.15) is 0 Å². The third-order valence-electron chi connectivity index (χ3n) is 1.85. The molecule has 1 rings (SSSR count). The van der Waals surface area contributed by atoms with Gasteiger partial charge in [-0.2, -0.15) is 13.2 Å². The Hall–Kier alpha value is -1.27. The highest BCUT2D eigenvalue weighted by molar-refractivity contribution is 6.30. The van der Waals surface area contributed by atoms with Crippen LogP contribution in [0.5, 0.6) is 0 Å². The topological polar surface area (TPSA) is 57.5 Å². The van der Waals surface area contributed by atoms with Gasteiger partial charge < -0.3 is 10.2 Å². The van der Waals surface area contributed by atoms with Gasteiger partial charge in [0.05, 0.1) is 5.56 Å². The van der Waals surface area contributed by atoms with Gasteiger partial charge in [-0.05, 0) is 12.1 Å². The number of aliphatic hydroxyl groups is 1. The first-order valence-corrected chi connectivity index (χ1v) is 4.39. The van der Waals surface area contributed by atoms with Gasteiger partial charge in [-0.15, -0.1) is 0 Å². The van der Waals surface area contributed by atoms with Crippen molar-refractivity contribution in [1.82, 2.24) is 0 Å². The average molecular weight is 255 g/mol. The number of aliphatic hydroxyl groups excluding tert-OH is 1. The third kappa shape index (κ3) is 2.65. The number of aliphatic carboxylic acids is 1. The lowest BCUT2D eigenvalue weighted by Gasteiger charge is -2.15. The summed E-state index contributed by atoms with van der Waals surface area (Å²) in [6.07, 6.45) is -7.00. The second kappa shape index (κ2) is 4.31. The van der Waals surface area contributed by atoms with Crippen LogP contribution in [-0.2, 0) is 11.0 Å². The number of carboxylic acid groups (broad SMARTS) is 1. The molecule has 0 bridgehead atoms. The maximum absolute atomic E-state index is 12.5. The number of carbonyl (C=O) groups is 1. The van der Waals surface area contributed by atoms with E-state index in [-0.39, 0.29) is 5.02 Å². The zero-order chi connectivity index (χ0) is 12.5. The molecule has 0 fully saturated rings. The lowest BCUT2D eigenvalue weighted by Crippen LogP contribution is -2.17. The zero-order valence-electron chi connectivity index (χ0n) is 7.62. The van der Waals surface area contributed by atoms with Crippen LogP contribution in [0.2, 0.25) is 5.02 Å². The quantitative estimate of drug-likeness (QED) is 0.852. The molecular weight excluding hydrogens is 249 g/mol. The fourth-order valence-electron chi connectivity index (χ4n) is 1.15. The van der Waals surface area contributed by atoms with Gasteiger partial charge in [0.15, 0.2) is 6.10 Å². The molecule has 7 heteroatoms. The van der Waals surface area contributed by atoms with Crippen LogP contribution < -0.4 is 0 Å². The largest absolute Gasteiger partial charge is 0.479 e. The lowest BCUT2D eigenvalue weighted by molar-refractivity contribution is -0.149. The number of alkyl halides is 3. The number of halogens is 4. The van der Waals surface area contributed by atoms with E-state index < -0.39 is 29.4 Å². The van der Waals surface area contributed by atoms with E-state index in [9.17, 15) is 18.0 Å². The number of rotatable bonds is 2. The summed E-state index contributed by atoms with van der Waals surface area (Å²) in [6, 6.07) is 2.49. The number of hydrogen-bond acceptors (Lipinski definition) is 2. The van der Waals surface area contributed by atoms with Crippen molar-refractivity contribution < 1.29 is 28.2 Å². The smallest absolute Gasteiger partial charge is 0.416 e. The molecule has 0 aliphatic rings. The van der Waals surface area contributed by atoms with Crippen molar-refractivity contribution >= 4 is 17.6 Å². The van der Waals surface area contributed by atoms with Crippen molar-refractivity contribution in [2.75, 3.05) is 0 Å². The molecule has 0 saturated carbocycles. The summed E-state index contributed by atoms with van der Waals surface area (Å²) in [4.78, 5) is 10.4. The van der Waals surface area contributed by atoms with Gasteiger partial charge in [-0.25, -0.2) is 4.79 Å². The molecule has 0 amide bonds. The first-order valence-electron chi connectivity index (χ1n) is 4.01. The molecule has 1 aromatic rings. The summed E-state index contributed by atoms with van der Waals surface area (Å²) in [5.74, 6) is -1.76. The Labute approximate surface area is 93.1 Å². The molecule has 1 unspecified atom stereocenters. The summed E-state index contributed by atoms with van der Waals surface area (Å²) in [5, 5.41) is 17.3. The van der Waals surface area contributed by atoms with Gasteiger partial charge in [-0.3, -0.25) is 0 Å². The van der Waals surface area contributed by atoms with Crippen molar-refractivity contribution in [3.63, 3.8) is 0 Å². The van der Waals surface area contributed by atoms with Crippen LogP contribution in [0.25, 0.3) is 0 Å². The van der Waals surface area contributed by atoms with Crippen molar-refractivity contribution in [2.45, 2.75) is 12.3 Å². The summed E-state index contributed by atoms with van der Waals surface area (Å²) in [6.45, 7) is 0. The van der Waals surface area contributed by atoms with Crippen LogP contribution in [0.3, 0.4) is 0 Å². The summed E-state index contributed by atoms with van der Waals surface area (Å²) < 4.78 is 37.5. The molecule has 3 nitrogen and oxygen atoms in total. The van der Waals surface area contributed by atoms with Crippen molar-refractivity contribution in [3.8, 4) is 0 Å². The van der Waals surface area contributed by atoms with E-state index in [1.165, 1.54) is 0 Å². The first-order chi connectivity index (χ1) is 7.23. The van der Waals surface area contributed by atoms with Gasteiger partial charge in [-0.1, -0.05) is 17.7 Å². The maximum atomic E-state index is 12.5. The normalized spacial score (nSPS) is 13.6. The van der Waals surface area contributed by atoms with E-state index in [1.54, 1.807) is 0 Å². The van der Waals surface area contributed by atoms with Crippen LogP contribution in [0, 0.1) is 0 Å². The minimum Gasteiger partial charge on any atom is -0.479 e. The van der Waals surface area contributed by atoms with Crippen LogP contribution in [0.15, 0.2) is 18.2 Å². The fraction of sp³-hybridized carbons (Fsp3) is 0.222. The van der Waals surface area contributed by atoms with Crippen molar-refractivity contribution in [2.24, 2.45) is 0 Å². The molecule has 1 aromatic carbocycles. The number of hydrogen-bond donors (Lipinski definition) is 2. The van der Waals surface area contributed by atoms with Gasteiger partial charge in [0.2, 0.25) is 0 Å². The molecule has 0 aliphatic carbocycles. The molecule has 0 heterocycles. The van der Waals surface area contributed by atoms with E-state index in [0.717, 1.165) is 12.1 Å². The van der Waals surface area contributed by atoms with E-state index in [2.05, 4.69) is 0 Å². The minimum atomic E-state index is -4.77. The lowest BCUT2D eigenvalue weighted by atomic mass is 10.0. The Morgan fingerprint density at radius 2 is 1.94 bits per heavy atom. The van der Waals surface area contributed by atoms with Gasteiger partial charge >= 0.3 is 12.1 Å². The fourth-order valence-corrected chi connectivity index (χ4v) is 1.32. The molecule has 0 aromatic heterocycles. The van der Waals surface area contributed by atoms with E-state index >= 15 is 0 Å². The Morgan fingerprint density at radius 3 is 2.38 bits per heavy atom. The molecule has 1 atom stereocenters. The Bertz CT molecular complexity index is 417. The van der Waals surface area contributed by atoms with E-state index in [0.29, 0.717) is 6.07 Å². The molecule has 0 saturated heterocycles. The highest BCUT2D eigenvalue weighted by Gasteiger charge is 2.36. The van der Waals surface area contributed by atoms with Crippen LogP contribution in [0.1, 0.15) is 17.2 Å². The standard InChI is InChI=1S/C9H6ClF3O3/c10-4-1-2-5(7(14)8(15)16)6(3-4)9(11,12)13/h1-3,7,14H,(H,15,16). The summed E-state index contributed by atoms with van der Waals surface area (Å²) in [7, 11) is 0. The minimum absolute atomic E-state index is 0.186. The van der Waals surface area contributed by atoms with Crippen LogP contribution in [0.4, 0.5) is 13.2 Å². The van der Waals surface area contributed by atoms with E-state index in [1.807, 2.05) is 0 Å². The monoisotopic (exact) mass is 254 g/mol. The Morgan fingerprint density at radius 1 is 1.38 bits per heavy atom. The predicted octanol–water partition coefficient (Wildman–Crippen LogP) is 2.48. The zero-order valence-corrected chi connectivity index (χ0v) is 8.38. The summed E-state index contributed by atoms with van der Waals surface area (Å²) in [5.41, 5.74) is -1.99. The third-order valence-corrected chi connectivity index (χ3v) is 2.08. The average Bonchev–Trinajstić information content (AvgIpc) is 2.15. The SMILES string of the molecule is O=C(O)C(O)c1ccc(Cl)cc1C(F)(F)F.